The number of nitrogens with zero attached hydrogens (tertiary/aromatic N) is 3. The summed E-state index contributed by atoms with van der Waals surface area (Å²) in [5.74, 6) is 0.868. The van der Waals surface area contributed by atoms with Gasteiger partial charge in [-0.1, -0.05) is 12.1 Å². The molecule has 5 nitrogen and oxygen atoms in total. The van der Waals surface area contributed by atoms with E-state index in [1.807, 2.05) is 17.8 Å². The Hall–Kier alpha value is -1.99. The standard InChI is InChI=1S/C17H21F2N3O2/c1-21-11-8-20-15(21)17(23)6-9-22(10-7-17)12-13-2-4-14(5-3-13)24-16(18)19/h2-5,8,11,16,23H,6-7,9-10,12H2,1H3. The summed E-state index contributed by atoms with van der Waals surface area (Å²) in [4.78, 5) is 6.51. The fourth-order valence-electron chi connectivity index (χ4n) is 3.15. The highest BCUT2D eigenvalue weighted by Crippen LogP contribution is 2.32. The van der Waals surface area contributed by atoms with Crippen molar-refractivity contribution in [3.8, 4) is 5.75 Å². The SMILES string of the molecule is Cn1ccnc1C1(O)CCN(Cc2ccc(OC(F)F)cc2)CC1. The normalized spacial score (nSPS) is 18.0. The number of likely N-dealkylation sites (tertiary alicyclic amines) is 1. The van der Waals surface area contributed by atoms with Crippen LogP contribution in [0.25, 0.3) is 0 Å². The molecule has 0 radical (unpaired) electrons. The molecule has 1 N–H and O–H groups in total. The molecule has 0 saturated carbocycles. The van der Waals surface area contributed by atoms with Crippen molar-refractivity contribution in [3.05, 3.63) is 48.0 Å². The van der Waals surface area contributed by atoms with Gasteiger partial charge in [0.1, 0.15) is 17.2 Å². The molecule has 0 bridgehead atoms. The van der Waals surface area contributed by atoms with E-state index in [1.165, 1.54) is 0 Å². The van der Waals surface area contributed by atoms with E-state index in [1.54, 1.807) is 30.5 Å². The zero-order valence-corrected chi connectivity index (χ0v) is 13.5. The number of rotatable bonds is 5. The highest BCUT2D eigenvalue weighted by Gasteiger charge is 2.36. The highest BCUT2D eigenvalue weighted by molar-refractivity contribution is 5.27. The van der Waals surface area contributed by atoms with Gasteiger partial charge in [0.05, 0.1) is 0 Å². The van der Waals surface area contributed by atoms with Crippen LogP contribution in [-0.4, -0.2) is 39.3 Å². The topological polar surface area (TPSA) is 50.5 Å². The molecule has 1 aromatic heterocycles. The van der Waals surface area contributed by atoms with Crippen LogP contribution in [0.3, 0.4) is 0 Å². The van der Waals surface area contributed by atoms with Crippen LogP contribution in [0.2, 0.25) is 0 Å². The number of benzene rings is 1. The van der Waals surface area contributed by atoms with E-state index >= 15 is 0 Å². The minimum atomic E-state index is -2.80. The Bertz CT molecular complexity index is 665. The minimum Gasteiger partial charge on any atom is -0.435 e. The second kappa shape index (κ2) is 6.86. The summed E-state index contributed by atoms with van der Waals surface area (Å²) in [6.45, 7) is -0.593. The quantitative estimate of drug-likeness (QED) is 0.911. The molecular weight excluding hydrogens is 316 g/mol. The molecule has 130 valence electrons. The van der Waals surface area contributed by atoms with Gasteiger partial charge >= 0.3 is 6.61 Å². The first-order chi connectivity index (χ1) is 11.5. The second-order valence-corrected chi connectivity index (χ2v) is 6.19. The van der Waals surface area contributed by atoms with Crippen LogP contribution < -0.4 is 4.74 Å². The number of halogens is 2. The van der Waals surface area contributed by atoms with Crippen molar-refractivity contribution < 1.29 is 18.6 Å². The van der Waals surface area contributed by atoms with Crippen LogP contribution in [0.1, 0.15) is 24.2 Å². The first-order valence-electron chi connectivity index (χ1n) is 7.92. The molecule has 0 unspecified atom stereocenters. The maximum atomic E-state index is 12.2. The Morgan fingerprint density at radius 3 is 2.46 bits per heavy atom. The molecule has 2 aromatic rings. The molecule has 24 heavy (non-hydrogen) atoms. The molecular formula is C17H21F2N3O2. The van der Waals surface area contributed by atoms with Crippen LogP contribution in [0.5, 0.6) is 5.75 Å². The summed E-state index contributed by atoms with van der Waals surface area (Å²) < 4.78 is 30.5. The van der Waals surface area contributed by atoms with Crippen LogP contribution in [-0.2, 0) is 19.2 Å². The number of hydrogen-bond acceptors (Lipinski definition) is 4. The first kappa shape index (κ1) is 16.9. The van der Waals surface area contributed by atoms with Gasteiger partial charge in [-0.2, -0.15) is 8.78 Å². The summed E-state index contributed by atoms with van der Waals surface area (Å²) in [5, 5.41) is 10.8. The van der Waals surface area contributed by atoms with Gasteiger partial charge in [0, 0.05) is 39.1 Å². The third kappa shape index (κ3) is 3.73. The summed E-state index contributed by atoms with van der Waals surface area (Å²) in [6, 6.07) is 6.68. The highest BCUT2D eigenvalue weighted by atomic mass is 19.3. The van der Waals surface area contributed by atoms with Crippen molar-refractivity contribution in [2.45, 2.75) is 31.6 Å². The van der Waals surface area contributed by atoms with Gasteiger partial charge in [0.2, 0.25) is 0 Å². The van der Waals surface area contributed by atoms with Gasteiger partial charge in [-0.25, -0.2) is 4.98 Å². The number of aryl methyl sites for hydroxylation is 1. The van der Waals surface area contributed by atoms with Crippen molar-refractivity contribution in [1.29, 1.82) is 0 Å². The Morgan fingerprint density at radius 1 is 1.25 bits per heavy atom. The fraction of sp³-hybridized carbons (Fsp3) is 0.471. The maximum Gasteiger partial charge on any atom is 0.387 e. The third-order valence-corrected chi connectivity index (χ3v) is 4.48. The van der Waals surface area contributed by atoms with Crippen LogP contribution >= 0.6 is 0 Å². The summed E-state index contributed by atoms with van der Waals surface area (Å²) in [6.07, 6.45) is 4.76. The molecule has 0 amide bonds. The van der Waals surface area contributed by atoms with E-state index in [9.17, 15) is 13.9 Å². The van der Waals surface area contributed by atoms with Gasteiger partial charge in [-0.05, 0) is 30.5 Å². The van der Waals surface area contributed by atoms with E-state index in [0.717, 1.165) is 18.7 Å². The molecule has 1 aliphatic heterocycles. The van der Waals surface area contributed by atoms with Crippen molar-refractivity contribution in [1.82, 2.24) is 14.5 Å². The summed E-state index contributed by atoms with van der Waals surface area (Å²) in [5.41, 5.74) is 0.142. The van der Waals surface area contributed by atoms with Crippen molar-refractivity contribution >= 4 is 0 Å². The number of imidazole rings is 1. The van der Waals surface area contributed by atoms with Gasteiger partial charge in [-0.3, -0.25) is 4.90 Å². The molecule has 1 fully saturated rings. The lowest BCUT2D eigenvalue weighted by Gasteiger charge is -2.37. The predicted octanol–water partition coefficient (Wildman–Crippen LogP) is 2.51. The van der Waals surface area contributed by atoms with Gasteiger partial charge in [0.15, 0.2) is 0 Å². The molecule has 0 atom stereocenters. The van der Waals surface area contributed by atoms with Crippen LogP contribution in [0.15, 0.2) is 36.7 Å². The largest absolute Gasteiger partial charge is 0.435 e. The summed E-state index contributed by atoms with van der Waals surface area (Å²) in [7, 11) is 1.88. The van der Waals surface area contributed by atoms with Gasteiger partial charge in [-0.15, -0.1) is 0 Å². The average molecular weight is 337 g/mol. The molecule has 7 heteroatoms. The number of alkyl halides is 2. The Labute approximate surface area is 139 Å². The molecule has 1 aromatic carbocycles. The Balaban J connectivity index is 1.56. The molecule has 2 heterocycles. The lowest BCUT2D eigenvalue weighted by atomic mass is 9.90. The number of aromatic nitrogens is 2. The van der Waals surface area contributed by atoms with Crippen LogP contribution in [0, 0.1) is 0 Å². The molecule has 1 saturated heterocycles. The molecule has 3 rings (SSSR count). The smallest absolute Gasteiger partial charge is 0.387 e. The van der Waals surface area contributed by atoms with E-state index in [2.05, 4.69) is 14.6 Å². The molecule has 0 aliphatic carbocycles. The second-order valence-electron chi connectivity index (χ2n) is 6.19. The number of hydrogen-bond donors (Lipinski definition) is 1. The molecule has 0 spiro atoms. The summed E-state index contributed by atoms with van der Waals surface area (Å²) >= 11 is 0. The number of piperidine rings is 1. The van der Waals surface area contributed by atoms with Gasteiger partial charge < -0.3 is 14.4 Å². The Morgan fingerprint density at radius 2 is 1.92 bits per heavy atom. The number of aliphatic hydroxyl groups is 1. The van der Waals surface area contributed by atoms with E-state index in [4.69, 9.17) is 0 Å². The van der Waals surface area contributed by atoms with E-state index in [-0.39, 0.29) is 5.75 Å². The maximum absolute atomic E-state index is 12.2. The monoisotopic (exact) mass is 337 g/mol. The minimum absolute atomic E-state index is 0.163. The van der Waals surface area contributed by atoms with Crippen molar-refractivity contribution in [2.75, 3.05) is 13.1 Å². The first-order valence-corrected chi connectivity index (χ1v) is 7.92. The Kier molecular flexibility index (Phi) is 4.82. The predicted molar refractivity (Wildman–Crippen MR) is 84.7 cm³/mol. The van der Waals surface area contributed by atoms with Crippen LogP contribution in [0.4, 0.5) is 8.78 Å². The lowest BCUT2D eigenvalue weighted by Crippen LogP contribution is -2.43. The number of ether oxygens (including phenoxy) is 1. The lowest BCUT2D eigenvalue weighted by molar-refractivity contribution is -0.0498. The van der Waals surface area contributed by atoms with E-state index < -0.39 is 12.2 Å². The zero-order chi connectivity index (χ0) is 17.2. The van der Waals surface area contributed by atoms with Crippen molar-refractivity contribution in [3.63, 3.8) is 0 Å². The van der Waals surface area contributed by atoms with Gasteiger partial charge in [0.25, 0.3) is 0 Å². The van der Waals surface area contributed by atoms with Crippen molar-refractivity contribution in [2.24, 2.45) is 7.05 Å². The van der Waals surface area contributed by atoms with E-state index in [0.29, 0.717) is 25.2 Å². The zero-order valence-electron chi connectivity index (χ0n) is 13.5. The average Bonchev–Trinajstić information content (AvgIpc) is 2.98. The third-order valence-electron chi connectivity index (χ3n) is 4.48. The molecule has 1 aliphatic rings. The fourth-order valence-corrected chi connectivity index (χ4v) is 3.15.